The number of piperidine rings is 1. The van der Waals surface area contributed by atoms with E-state index in [1.807, 2.05) is 6.07 Å². The van der Waals surface area contributed by atoms with E-state index in [1.54, 1.807) is 0 Å². The van der Waals surface area contributed by atoms with E-state index in [2.05, 4.69) is 20.1 Å². The number of nitrogens with two attached hydrogens (primary N) is 1. The van der Waals surface area contributed by atoms with Gasteiger partial charge in [-0.1, -0.05) is 0 Å². The van der Waals surface area contributed by atoms with Gasteiger partial charge in [0.05, 0.1) is 0 Å². The number of anilines is 1. The number of H-pyrrole nitrogens is 1. The van der Waals surface area contributed by atoms with Crippen LogP contribution in [0.15, 0.2) is 17.2 Å². The summed E-state index contributed by atoms with van der Waals surface area (Å²) < 4.78 is 1.41. The maximum atomic E-state index is 11.4. The standard InChI is InChI=1S/C12H18N6O/c13-4-3-9-2-1-5-17(7-9)10-6-11-15-16-12(19)18(11)8-14-10/h6,8-9H,1-5,7,13H2,(H,16,19). The van der Waals surface area contributed by atoms with Gasteiger partial charge in [0.15, 0.2) is 5.65 Å². The van der Waals surface area contributed by atoms with Gasteiger partial charge in [-0.25, -0.2) is 19.3 Å². The molecule has 1 fully saturated rings. The van der Waals surface area contributed by atoms with Crippen molar-refractivity contribution >= 4 is 11.5 Å². The first-order valence-corrected chi connectivity index (χ1v) is 6.65. The highest BCUT2D eigenvalue weighted by Gasteiger charge is 2.20. The van der Waals surface area contributed by atoms with Crippen molar-refractivity contribution in [3.8, 4) is 0 Å². The van der Waals surface area contributed by atoms with E-state index in [0.717, 1.165) is 38.3 Å². The molecule has 3 N–H and O–H groups in total. The molecule has 7 heteroatoms. The average Bonchev–Trinajstić information content (AvgIpc) is 2.81. The number of hydrogen-bond acceptors (Lipinski definition) is 5. The first kappa shape index (κ1) is 12.2. The van der Waals surface area contributed by atoms with Gasteiger partial charge in [0.2, 0.25) is 0 Å². The minimum Gasteiger partial charge on any atom is -0.356 e. The molecule has 1 atom stereocenters. The number of nitrogens with zero attached hydrogens (tertiary/aromatic N) is 4. The molecule has 19 heavy (non-hydrogen) atoms. The smallest absolute Gasteiger partial charge is 0.348 e. The van der Waals surface area contributed by atoms with Crippen LogP contribution in [0.3, 0.4) is 0 Å². The van der Waals surface area contributed by atoms with Crippen LogP contribution in [0.5, 0.6) is 0 Å². The molecule has 0 spiro atoms. The highest BCUT2D eigenvalue weighted by molar-refractivity contribution is 5.50. The molecule has 0 radical (unpaired) electrons. The maximum absolute atomic E-state index is 11.4. The van der Waals surface area contributed by atoms with Crippen LogP contribution in [0.1, 0.15) is 19.3 Å². The molecule has 2 aromatic rings. The van der Waals surface area contributed by atoms with Crippen LogP contribution in [-0.2, 0) is 0 Å². The Morgan fingerprint density at radius 3 is 3.26 bits per heavy atom. The minimum absolute atomic E-state index is 0.256. The zero-order valence-corrected chi connectivity index (χ0v) is 10.7. The van der Waals surface area contributed by atoms with Crippen molar-refractivity contribution < 1.29 is 0 Å². The van der Waals surface area contributed by atoms with E-state index in [1.165, 1.54) is 17.1 Å². The van der Waals surface area contributed by atoms with Crippen LogP contribution in [-0.4, -0.2) is 39.2 Å². The van der Waals surface area contributed by atoms with Crippen LogP contribution in [0, 0.1) is 5.92 Å². The van der Waals surface area contributed by atoms with Gasteiger partial charge in [-0.3, -0.25) is 0 Å². The lowest BCUT2D eigenvalue weighted by Crippen LogP contribution is -2.36. The lowest BCUT2D eigenvalue weighted by atomic mass is 9.95. The summed E-state index contributed by atoms with van der Waals surface area (Å²) in [5, 5.41) is 6.39. The highest BCUT2D eigenvalue weighted by Crippen LogP contribution is 2.23. The largest absolute Gasteiger partial charge is 0.356 e. The van der Waals surface area contributed by atoms with Crippen LogP contribution in [0.2, 0.25) is 0 Å². The molecule has 0 bridgehead atoms. The van der Waals surface area contributed by atoms with Gasteiger partial charge >= 0.3 is 5.69 Å². The average molecular weight is 262 g/mol. The monoisotopic (exact) mass is 262 g/mol. The fourth-order valence-electron chi connectivity index (χ4n) is 2.72. The van der Waals surface area contributed by atoms with Crippen LogP contribution in [0.4, 0.5) is 5.82 Å². The summed E-state index contributed by atoms with van der Waals surface area (Å²) in [5.41, 5.74) is 5.99. The van der Waals surface area contributed by atoms with E-state index in [4.69, 9.17) is 5.73 Å². The second kappa shape index (κ2) is 5.00. The summed E-state index contributed by atoms with van der Waals surface area (Å²) in [4.78, 5) is 18.0. The van der Waals surface area contributed by atoms with Gasteiger partial charge in [-0.2, -0.15) is 5.10 Å². The van der Waals surface area contributed by atoms with Gasteiger partial charge < -0.3 is 10.6 Å². The van der Waals surface area contributed by atoms with Crippen molar-refractivity contribution in [2.24, 2.45) is 11.7 Å². The topological polar surface area (TPSA) is 92.3 Å². The lowest BCUT2D eigenvalue weighted by Gasteiger charge is -2.33. The molecule has 0 saturated carbocycles. The fourth-order valence-corrected chi connectivity index (χ4v) is 2.72. The van der Waals surface area contributed by atoms with Gasteiger partial charge in [0, 0.05) is 19.2 Å². The summed E-state index contributed by atoms with van der Waals surface area (Å²) in [5.74, 6) is 1.52. The third kappa shape index (κ3) is 2.33. The highest BCUT2D eigenvalue weighted by atomic mass is 16.1. The Morgan fingerprint density at radius 1 is 1.53 bits per heavy atom. The Labute approximate surface area is 110 Å². The van der Waals surface area contributed by atoms with Crippen LogP contribution >= 0.6 is 0 Å². The molecule has 3 heterocycles. The Morgan fingerprint density at radius 2 is 2.42 bits per heavy atom. The molecule has 1 saturated heterocycles. The van der Waals surface area contributed by atoms with Crippen molar-refractivity contribution in [3.63, 3.8) is 0 Å². The molecule has 102 valence electrons. The molecule has 3 rings (SSSR count). The Kier molecular flexibility index (Phi) is 3.20. The molecule has 2 aromatic heterocycles. The van der Waals surface area contributed by atoms with Crippen molar-refractivity contribution in [3.05, 3.63) is 22.9 Å². The van der Waals surface area contributed by atoms with E-state index in [0.29, 0.717) is 11.6 Å². The van der Waals surface area contributed by atoms with E-state index in [9.17, 15) is 4.79 Å². The molecular weight excluding hydrogens is 244 g/mol. The second-order valence-electron chi connectivity index (χ2n) is 5.04. The summed E-state index contributed by atoms with van der Waals surface area (Å²) >= 11 is 0. The van der Waals surface area contributed by atoms with E-state index in [-0.39, 0.29) is 5.69 Å². The van der Waals surface area contributed by atoms with Crippen LogP contribution < -0.4 is 16.3 Å². The first-order valence-electron chi connectivity index (χ1n) is 6.65. The molecular formula is C12H18N6O. The molecule has 0 aliphatic carbocycles. The molecule has 1 unspecified atom stereocenters. The SMILES string of the molecule is NCCC1CCCN(c2cc3n[nH]c(=O)n3cn2)C1. The number of hydrogen-bond donors (Lipinski definition) is 2. The van der Waals surface area contributed by atoms with E-state index < -0.39 is 0 Å². The van der Waals surface area contributed by atoms with Gasteiger partial charge in [-0.05, 0) is 31.7 Å². The third-order valence-corrected chi connectivity index (χ3v) is 3.71. The zero-order valence-electron chi connectivity index (χ0n) is 10.7. The van der Waals surface area contributed by atoms with E-state index >= 15 is 0 Å². The molecule has 1 aliphatic heterocycles. The van der Waals surface area contributed by atoms with Gasteiger partial charge in [-0.15, -0.1) is 0 Å². The number of nitrogens with one attached hydrogen (secondary N) is 1. The summed E-state index contributed by atoms with van der Waals surface area (Å²) in [6, 6.07) is 1.85. The lowest BCUT2D eigenvalue weighted by molar-refractivity contribution is 0.394. The normalized spacial score (nSPS) is 20.1. The fraction of sp³-hybridized carbons (Fsp3) is 0.583. The van der Waals surface area contributed by atoms with Crippen molar-refractivity contribution in [2.75, 3.05) is 24.5 Å². The Balaban J connectivity index is 1.84. The van der Waals surface area contributed by atoms with Crippen molar-refractivity contribution in [2.45, 2.75) is 19.3 Å². The Hall–Kier alpha value is -1.89. The predicted octanol–water partition coefficient (Wildman–Crippen LogP) is -0.0172. The first-order chi connectivity index (χ1) is 9.28. The number of fused-ring (bicyclic) bond motifs is 1. The quantitative estimate of drug-likeness (QED) is 0.811. The number of aromatic nitrogens is 4. The molecule has 7 nitrogen and oxygen atoms in total. The van der Waals surface area contributed by atoms with Gasteiger partial charge in [0.25, 0.3) is 0 Å². The molecule has 0 aromatic carbocycles. The summed E-state index contributed by atoms with van der Waals surface area (Å²) in [7, 11) is 0. The minimum atomic E-state index is -0.256. The van der Waals surface area contributed by atoms with Crippen molar-refractivity contribution in [1.82, 2.24) is 19.6 Å². The summed E-state index contributed by atoms with van der Waals surface area (Å²) in [6.07, 6.45) is 4.98. The molecule has 1 aliphatic rings. The second-order valence-corrected chi connectivity index (χ2v) is 5.04. The maximum Gasteiger partial charge on any atom is 0.348 e. The Bertz CT molecular complexity index is 616. The van der Waals surface area contributed by atoms with Crippen molar-refractivity contribution in [1.29, 1.82) is 0 Å². The van der Waals surface area contributed by atoms with Gasteiger partial charge in [0.1, 0.15) is 12.1 Å². The predicted molar refractivity (Wildman–Crippen MR) is 72.2 cm³/mol. The summed E-state index contributed by atoms with van der Waals surface area (Å²) in [6.45, 7) is 2.72. The molecule has 0 amide bonds. The van der Waals surface area contributed by atoms with Crippen LogP contribution in [0.25, 0.3) is 5.65 Å². The number of rotatable bonds is 3. The third-order valence-electron chi connectivity index (χ3n) is 3.71. The number of aromatic amines is 1. The zero-order chi connectivity index (χ0) is 13.2.